The number of benzene rings is 1. The molecule has 1 aliphatic heterocycles. The number of anilines is 2. The molecule has 28 heavy (non-hydrogen) atoms. The van der Waals surface area contributed by atoms with E-state index in [0.717, 1.165) is 49.8 Å². The fourth-order valence-electron chi connectivity index (χ4n) is 3.72. The van der Waals surface area contributed by atoms with Gasteiger partial charge in [-0.15, -0.1) is 0 Å². The van der Waals surface area contributed by atoms with E-state index in [9.17, 15) is 4.39 Å². The van der Waals surface area contributed by atoms with Gasteiger partial charge in [0.2, 0.25) is 0 Å². The second-order valence-electron chi connectivity index (χ2n) is 7.62. The zero-order valence-corrected chi connectivity index (χ0v) is 16.7. The summed E-state index contributed by atoms with van der Waals surface area (Å²) in [6.45, 7) is 8.67. The number of aromatic nitrogens is 2. The monoisotopic (exact) mass is 387 g/mol. The molecular formula is C21H30FN5O. The Kier molecular flexibility index (Phi) is 7.17. The van der Waals surface area contributed by atoms with Crippen LogP contribution in [0.25, 0.3) is 0 Å². The number of hydrogen-bond acceptors (Lipinski definition) is 6. The first kappa shape index (κ1) is 20.5. The van der Waals surface area contributed by atoms with Gasteiger partial charge in [0.05, 0.1) is 6.61 Å². The molecule has 2 heterocycles. The Balaban J connectivity index is 1.74. The van der Waals surface area contributed by atoms with E-state index in [2.05, 4.69) is 38.9 Å². The van der Waals surface area contributed by atoms with Gasteiger partial charge in [0.25, 0.3) is 0 Å². The summed E-state index contributed by atoms with van der Waals surface area (Å²) in [6.07, 6.45) is 2.61. The van der Waals surface area contributed by atoms with Gasteiger partial charge in [-0.3, -0.25) is 4.90 Å². The number of aliphatic hydroxyl groups is 1. The summed E-state index contributed by atoms with van der Waals surface area (Å²) in [5.74, 6) is 1.92. The average Bonchev–Trinajstić information content (AvgIpc) is 2.91. The minimum atomic E-state index is -0.194. The van der Waals surface area contributed by atoms with Gasteiger partial charge >= 0.3 is 0 Å². The van der Waals surface area contributed by atoms with E-state index in [-0.39, 0.29) is 12.4 Å². The second kappa shape index (κ2) is 9.80. The lowest BCUT2D eigenvalue weighted by molar-refractivity contribution is 0.161. The highest BCUT2D eigenvalue weighted by molar-refractivity contribution is 5.48. The van der Waals surface area contributed by atoms with Crippen molar-refractivity contribution in [3.05, 3.63) is 48.0 Å². The minimum absolute atomic E-state index is 0.0663. The first-order chi connectivity index (χ1) is 13.6. The number of nitrogens with one attached hydrogen (secondary N) is 1. The lowest BCUT2D eigenvalue weighted by atomic mass is 10.0. The molecule has 152 valence electrons. The van der Waals surface area contributed by atoms with Crippen molar-refractivity contribution < 1.29 is 9.50 Å². The van der Waals surface area contributed by atoms with E-state index in [1.165, 1.54) is 12.1 Å². The van der Waals surface area contributed by atoms with Gasteiger partial charge in [0.15, 0.2) is 0 Å². The van der Waals surface area contributed by atoms with Gasteiger partial charge in [-0.2, -0.15) is 0 Å². The zero-order chi connectivity index (χ0) is 19.9. The van der Waals surface area contributed by atoms with Crippen LogP contribution in [0.1, 0.15) is 25.8 Å². The van der Waals surface area contributed by atoms with E-state index in [1.54, 1.807) is 6.33 Å². The van der Waals surface area contributed by atoms with Gasteiger partial charge in [-0.1, -0.05) is 26.0 Å². The van der Waals surface area contributed by atoms with Crippen LogP contribution in [0.4, 0.5) is 16.0 Å². The quantitative estimate of drug-likeness (QED) is 0.762. The Labute approximate surface area is 166 Å². The molecule has 1 atom stereocenters. The Morgan fingerprint density at radius 3 is 2.71 bits per heavy atom. The van der Waals surface area contributed by atoms with Crippen LogP contribution in [0.3, 0.4) is 0 Å². The number of halogens is 1. The van der Waals surface area contributed by atoms with Gasteiger partial charge in [0, 0.05) is 44.8 Å². The summed E-state index contributed by atoms with van der Waals surface area (Å²) in [4.78, 5) is 13.5. The molecule has 0 amide bonds. The normalized spacial score (nSPS) is 18.3. The van der Waals surface area contributed by atoms with Crippen molar-refractivity contribution in [1.29, 1.82) is 0 Å². The summed E-state index contributed by atoms with van der Waals surface area (Å²) in [5.41, 5.74) is 1.14. The molecular weight excluding hydrogens is 357 g/mol. The zero-order valence-electron chi connectivity index (χ0n) is 16.7. The standard InChI is InChI=1S/C21H30FN5O/c1-16(2)19-14-27(21-12-20(23-8-11-28)24-15-25-21)10-3-9-26(19)13-17-4-6-18(22)7-5-17/h4-7,12,15-16,19,28H,3,8-11,13-14H2,1-2H3,(H,23,24,25)/t19-/m0/s1. The summed E-state index contributed by atoms with van der Waals surface area (Å²) in [6, 6.07) is 9.13. The van der Waals surface area contributed by atoms with Crippen LogP contribution in [0, 0.1) is 11.7 Å². The van der Waals surface area contributed by atoms with Crippen molar-refractivity contribution in [2.75, 3.05) is 43.0 Å². The molecule has 0 spiro atoms. The number of rotatable bonds is 7. The first-order valence-corrected chi connectivity index (χ1v) is 9.97. The SMILES string of the molecule is CC(C)[C@@H]1CN(c2cc(NCCO)ncn2)CCCN1Cc1ccc(F)cc1. The van der Waals surface area contributed by atoms with E-state index in [0.29, 0.717) is 18.5 Å². The maximum absolute atomic E-state index is 13.2. The summed E-state index contributed by atoms with van der Waals surface area (Å²) in [5, 5.41) is 12.1. The molecule has 1 aromatic heterocycles. The third kappa shape index (κ3) is 5.39. The number of hydrogen-bond donors (Lipinski definition) is 2. The molecule has 2 N–H and O–H groups in total. The fraction of sp³-hybridized carbons (Fsp3) is 0.524. The molecule has 0 aliphatic carbocycles. The van der Waals surface area contributed by atoms with Gasteiger partial charge in [0.1, 0.15) is 23.8 Å². The maximum atomic E-state index is 13.2. The van der Waals surface area contributed by atoms with Gasteiger partial charge in [-0.25, -0.2) is 14.4 Å². The molecule has 6 nitrogen and oxygen atoms in total. The van der Waals surface area contributed by atoms with Crippen molar-refractivity contribution in [2.24, 2.45) is 5.92 Å². The third-order valence-electron chi connectivity index (χ3n) is 5.21. The molecule has 0 bridgehead atoms. The van der Waals surface area contributed by atoms with E-state index >= 15 is 0 Å². The summed E-state index contributed by atoms with van der Waals surface area (Å²) in [7, 11) is 0. The highest BCUT2D eigenvalue weighted by Crippen LogP contribution is 2.24. The van der Waals surface area contributed by atoms with Crippen molar-refractivity contribution in [1.82, 2.24) is 14.9 Å². The van der Waals surface area contributed by atoms with E-state index < -0.39 is 0 Å². The molecule has 2 aromatic rings. The topological polar surface area (TPSA) is 64.5 Å². The molecule has 1 saturated heterocycles. The summed E-state index contributed by atoms with van der Waals surface area (Å²) >= 11 is 0. The maximum Gasteiger partial charge on any atom is 0.134 e. The highest BCUT2D eigenvalue weighted by atomic mass is 19.1. The van der Waals surface area contributed by atoms with Crippen molar-refractivity contribution in [3.8, 4) is 0 Å². The fourth-order valence-corrected chi connectivity index (χ4v) is 3.72. The van der Waals surface area contributed by atoms with E-state index in [4.69, 9.17) is 5.11 Å². The second-order valence-corrected chi connectivity index (χ2v) is 7.62. The smallest absolute Gasteiger partial charge is 0.134 e. The molecule has 3 rings (SSSR count). The van der Waals surface area contributed by atoms with Crippen molar-refractivity contribution in [2.45, 2.75) is 32.9 Å². The summed E-state index contributed by atoms with van der Waals surface area (Å²) < 4.78 is 13.2. The Hall–Kier alpha value is -2.25. The first-order valence-electron chi connectivity index (χ1n) is 9.97. The third-order valence-corrected chi connectivity index (χ3v) is 5.21. The number of nitrogens with zero attached hydrogens (tertiary/aromatic N) is 4. The Bertz CT molecular complexity index is 740. The van der Waals surface area contributed by atoms with Crippen LogP contribution in [-0.4, -0.2) is 58.8 Å². The molecule has 1 fully saturated rings. The van der Waals surface area contributed by atoms with Crippen LogP contribution in [-0.2, 0) is 6.54 Å². The van der Waals surface area contributed by atoms with Crippen LogP contribution < -0.4 is 10.2 Å². The molecule has 0 radical (unpaired) electrons. The lowest BCUT2D eigenvalue weighted by Crippen LogP contribution is -2.44. The lowest BCUT2D eigenvalue weighted by Gasteiger charge is -2.35. The Morgan fingerprint density at radius 2 is 2.00 bits per heavy atom. The number of aliphatic hydroxyl groups excluding tert-OH is 1. The van der Waals surface area contributed by atoms with Crippen molar-refractivity contribution >= 4 is 11.6 Å². The molecule has 1 aromatic carbocycles. The largest absolute Gasteiger partial charge is 0.395 e. The van der Waals surface area contributed by atoms with Crippen LogP contribution in [0.2, 0.25) is 0 Å². The average molecular weight is 388 g/mol. The molecule has 1 aliphatic rings. The minimum Gasteiger partial charge on any atom is -0.395 e. The van der Waals surface area contributed by atoms with Crippen LogP contribution in [0.15, 0.2) is 36.7 Å². The Morgan fingerprint density at radius 1 is 1.21 bits per heavy atom. The highest BCUT2D eigenvalue weighted by Gasteiger charge is 2.28. The molecule has 7 heteroatoms. The molecule has 0 unspecified atom stereocenters. The van der Waals surface area contributed by atoms with Crippen LogP contribution in [0.5, 0.6) is 0 Å². The van der Waals surface area contributed by atoms with Crippen molar-refractivity contribution in [3.63, 3.8) is 0 Å². The van der Waals surface area contributed by atoms with Crippen LogP contribution >= 0.6 is 0 Å². The predicted molar refractivity (Wildman–Crippen MR) is 110 cm³/mol. The van der Waals surface area contributed by atoms with Gasteiger partial charge in [-0.05, 0) is 30.0 Å². The predicted octanol–water partition coefficient (Wildman–Crippen LogP) is 2.76. The van der Waals surface area contributed by atoms with Gasteiger partial charge < -0.3 is 15.3 Å². The van der Waals surface area contributed by atoms with E-state index in [1.807, 2.05) is 18.2 Å². The molecule has 0 saturated carbocycles.